The number of carbonyl (C=O) groups excluding carboxylic acids is 1. The lowest BCUT2D eigenvalue weighted by Crippen LogP contribution is -2.55. The Balaban J connectivity index is 0.00000529. The molecule has 1 rings (SSSR count). The SMILES string of the molecule is CC(C)C(C)(CN)NC(=O)c1ccc(CS(=O)(=O)C(F)F)cc1.Cl. The number of carbonyl (C=O) groups is 1. The van der Waals surface area contributed by atoms with E-state index < -0.39 is 26.9 Å². The van der Waals surface area contributed by atoms with Crippen LogP contribution in [0.3, 0.4) is 0 Å². The number of sulfone groups is 1. The minimum Gasteiger partial charge on any atom is -0.345 e. The number of nitrogens with one attached hydrogen (secondary N) is 1. The monoisotopic (exact) mass is 384 g/mol. The third-order valence-corrected chi connectivity index (χ3v) is 5.23. The third kappa shape index (κ3) is 5.68. The second-order valence-corrected chi connectivity index (χ2v) is 7.97. The van der Waals surface area contributed by atoms with Crippen LogP contribution >= 0.6 is 12.4 Å². The van der Waals surface area contributed by atoms with Crippen LogP contribution < -0.4 is 11.1 Å². The van der Waals surface area contributed by atoms with Crippen molar-refractivity contribution in [3.8, 4) is 0 Å². The summed E-state index contributed by atoms with van der Waals surface area (Å²) in [6.07, 6.45) is 0. The summed E-state index contributed by atoms with van der Waals surface area (Å²) in [5.41, 5.74) is 5.64. The van der Waals surface area contributed by atoms with Crippen LogP contribution in [0.25, 0.3) is 0 Å². The lowest BCUT2D eigenvalue weighted by Gasteiger charge is -2.33. The van der Waals surface area contributed by atoms with Crippen molar-refractivity contribution < 1.29 is 22.0 Å². The molecule has 1 amide bonds. The Bertz CT molecular complexity index is 651. The quantitative estimate of drug-likeness (QED) is 0.755. The first-order valence-electron chi connectivity index (χ1n) is 7.13. The average molecular weight is 385 g/mol. The van der Waals surface area contributed by atoms with E-state index in [0.29, 0.717) is 5.56 Å². The maximum absolute atomic E-state index is 12.3. The van der Waals surface area contributed by atoms with Gasteiger partial charge >= 0.3 is 5.76 Å². The summed E-state index contributed by atoms with van der Waals surface area (Å²) < 4.78 is 47.0. The topological polar surface area (TPSA) is 89.3 Å². The molecule has 0 aliphatic carbocycles. The summed E-state index contributed by atoms with van der Waals surface area (Å²) in [6.45, 7) is 5.97. The van der Waals surface area contributed by atoms with Gasteiger partial charge in [-0.1, -0.05) is 26.0 Å². The Kier molecular flexibility index (Phi) is 8.28. The van der Waals surface area contributed by atoms with Gasteiger partial charge in [-0.2, -0.15) is 8.78 Å². The maximum Gasteiger partial charge on any atom is 0.337 e. The van der Waals surface area contributed by atoms with E-state index >= 15 is 0 Å². The van der Waals surface area contributed by atoms with E-state index in [1.807, 2.05) is 20.8 Å². The first-order valence-corrected chi connectivity index (χ1v) is 8.84. The van der Waals surface area contributed by atoms with E-state index in [0.717, 1.165) is 0 Å². The molecule has 1 aromatic carbocycles. The third-order valence-electron chi connectivity index (χ3n) is 3.95. The van der Waals surface area contributed by atoms with Crippen LogP contribution in [-0.2, 0) is 15.6 Å². The van der Waals surface area contributed by atoms with Gasteiger partial charge in [0, 0.05) is 12.1 Å². The fourth-order valence-electron chi connectivity index (χ4n) is 1.81. The number of benzene rings is 1. The van der Waals surface area contributed by atoms with Gasteiger partial charge in [0.25, 0.3) is 5.91 Å². The standard InChI is InChI=1S/C15H22F2N2O3S.ClH/c1-10(2)15(3,9-18)19-13(20)12-6-4-11(5-7-12)8-23(21,22)14(16)17;/h4-7,10,14H,8-9,18H2,1-3H3,(H,19,20);1H. The fourth-order valence-corrected chi connectivity index (χ4v) is 2.59. The van der Waals surface area contributed by atoms with Crippen molar-refractivity contribution >= 4 is 28.2 Å². The highest BCUT2D eigenvalue weighted by atomic mass is 35.5. The summed E-state index contributed by atoms with van der Waals surface area (Å²) >= 11 is 0. The molecule has 1 unspecified atom stereocenters. The average Bonchev–Trinajstić information content (AvgIpc) is 2.46. The molecule has 24 heavy (non-hydrogen) atoms. The van der Waals surface area contributed by atoms with E-state index in [1.165, 1.54) is 24.3 Å². The lowest BCUT2D eigenvalue weighted by atomic mass is 9.88. The fraction of sp³-hybridized carbons (Fsp3) is 0.533. The number of amides is 1. The number of alkyl halides is 2. The zero-order valence-corrected chi connectivity index (χ0v) is 15.4. The molecule has 0 aliphatic heterocycles. The zero-order valence-electron chi connectivity index (χ0n) is 13.8. The van der Waals surface area contributed by atoms with Crippen LogP contribution in [0.15, 0.2) is 24.3 Å². The Morgan fingerprint density at radius 3 is 2.12 bits per heavy atom. The molecule has 9 heteroatoms. The summed E-state index contributed by atoms with van der Waals surface area (Å²) in [7, 11) is -4.48. The minimum absolute atomic E-state index is 0. The second-order valence-electron chi connectivity index (χ2n) is 6.00. The second kappa shape index (κ2) is 8.73. The number of rotatable bonds is 7. The highest BCUT2D eigenvalue weighted by Crippen LogP contribution is 2.17. The molecule has 0 saturated heterocycles. The molecule has 0 saturated carbocycles. The molecule has 0 aromatic heterocycles. The summed E-state index contributed by atoms with van der Waals surface area (Å²) in [6, 6.07) is 5.51. The molecular weight excluding hydrogens is 362 g/mol. The molecular formula is C15H23ClF2N2O3S. The Labute approximate surface area is 147 Å². The van der Waals surface area contributed by atoms with Gasteiger partial charge in [0.1, 0.15) is 0 Å². The molecule has 0 heterocycles. The van der Waals surface area contributed by atoms with Gasteiger partial charge in [-0.15, -0.1) is 12.4 Å². The molecule has 1 atom stereocenters. The zero-order chi connectivity index (χ0) is 17.8. The van der Waals surface area contributed by atoms with Gasteiger partial charge in [-0.05, 0) is 30.5 Å². The van der Waals surface area contributed by atoms with Crippen LogP contribution in [-0.4, -0.2) is 32.2 Å². The molecule has 0 bridgehead atoms. The predicted octanol–water partition coefficient (Wildman–Crippen LogP) is 2.35. The highest BCUT2D eigenvalue weighted by Gasteiger charge is 2.29. The van der Waals surface area contributed by atoms with Gasteiger partial charge in [0.2, 0.25) is 9.84 Å². The molecule has 138 valence electrons. The van der Waals surface area contributed by atoms with E-state index in [4.69, 9.17) is 5.73 Å². The van der Waals surface area contributed by atoms with Crippen molar-refractivity contribution in [3.05, 3.63) is 35.4 Å². The van der Waals surface area contributed by atoms with Gasteiger partial charge in [-0.3, -0.25) is 4.79 Å². The Hall–Kier alpha value is -1.25. The van der Waals surface area contributed by atoms with Crippen molar-refractivity contribution in [2.45, 2.75) is 37.8 Å². The molecule has 0 radical (unpaired) electrons. The van der Waals surface area contributed by atoms with Crippen molar-refractivity contribution in [3.63, 3.8) is 0 Å². The number of halogens is 3. The van der Waals surface area contributed by atoms with Gasteiger partial charge in [-0.25, -0.2) is 8.42 Å². The smallest absolute Gasteiger partial charge is 0.337 e. The first kappa shape index (κ1) is 22.8. The summed E-state index contributed by atoms with van der Waals surface area (Å²) in [5.74, 6) is -4.41. The van der Waals surface area contributed by atoms with Crippen molar-refractivity contribution in [2.75, 3.05) is 6.54 Å². The molecule has 1 aromatic rings. The van der Waals surface area contributed by atoms with Gasteiger partial charge in [0.05, 0.1) is 11.3 Å². The number of hydrogen-bond acceptors (Lipinski definition) is 4. The van der Waals surface area contributed by atoms with E-state index in [2.05, 4.69) is 5.32 Å². The molecule has 5 nitrogen and oxygen atoms in total. The normalized spacial score (nSPS) is 14.2. The van der Waals surface area contributed by atoms with Crippen LogP contribution in [0.1, 0.15) is 36.7 Å². The van der Waals surface area contributed by atoms with Crippen molar-refractivity contribution in [2.24, 2.45) is 11.7 Å². The molecule has 3 N–H and O–H groups in total. The lowest BCUT2D eigenvalue weighted by molar-refractivity contribution is 0.0883. The number of hydrogen-bond donors (Lipinski definition) is 2. The number of nitrogens with two attached hydrogens (primary N) is 1. The van der Waals surface area contributed by atoms with Crippen LogP contribution in [0.5, 0.6) is 0 Å². The van der Waals surface area contributed by atoms with E-state index in [-0.39, 0.29) is 36.3 Å². The first-order chi connectivity index (χ1) is 10.5. The highest BCUT2D eigenvalue weighted by molar-refractivity contribution is 7.90. The van der Waals surface area contributed by atoms with Crippen molar-refractivity contribution in [1.29, 1.82) is 0 Å². The van der Waals surface area contributed by atoms with E-state index in [1.54, 1.807) is 0 Å². The summed E-state index contributed by atoms with van der Waals surface area (Å²) in [4.78, 5) is 12.2. The largest absolute Gasteiger partial charge is 0.345 e. The summed E-state index contributed by atoms with van der Waals surface area (Å²) in [5, 5.41) is 2.84. The van der Waals surface area contributed by atoms with Crippen LogP contribution in [0, 0.1) is 5.92 Å². The van der Waals surface area contributed by atoms with Crippen LogP contribution in [0.2, 0.25) is 0 Å². The van der Waals surface area contributed by atoms with Gasteiger partial charge < -0.3 is 11.1 Å². The van der Waals surface area contributed by atoms with Crippen LogP contribution in [0.4, 0.5) is 8.78 Å². The van der Waals surface area contributed by atoms with Crippen molar-refractivity contribution in [1.82, 2.24) is 5.32 Å². The Morgan fingerprint density at radius 2 is 1.75 bits per heavy atom. The Morgan fingerprint density at radius 1 is 1.25 bits per heavy atom. The molecule has 0 aliphatic rings. The molecule has 0 fully saturated rings. The van der Waals surface area contributed by atoms with Gasteiger partial charge in [0.15, 0.2) is 0 Å². The minimum atomic E-state index is -4.48. The predicted molar refractivity (Wildman–Crippen MR) is 92.1 cm³/mol. The molecule has 0 spiro atoms. The van der Waals surface area contributed by atoms with E-state index in [9.17, 15) is 22.0 Å². The maximum atomic E-state index is 12.3.